The molecular formula is C18H15Cl3N2S2. The Labute approximate surface area is 170 Å². The van der Waals surface area contributed by atoms with E-state index in [0.29, 0.717) is 15.3 Å². The normalized spacial score (nSPS) is 12.3. The minimum Gasteiger partial charge on any atom is -0.336 e. The molecular weight excluding hydrogens is 415 g/mol. The van der Waals surface area contributed by atoms with Crippen LogP contribution in [0.25, 0.3) is 0 Å². The summed E-state index contributed by atoms with van der Waals surface area (Å²) in [5.41, 5.74) is 0. The molecule has 1 atom stereocenters. The van der Waals surface area contributed by atoms with E-state index in [4.69, 9.17) is 34.8 Å². The fourth-order valence-electron chi connectivity index (χ4n) is 2.23. The number of nitrogens with zero attached hydrogens (tertiary/aromatic N) is 2. The van der Waals surface area contributed by atoms with Crippen molar-refractivity contribution in [2.75, 3.05) is 5.75 Å². The van der Waals surface area contributed by atoms with Gasteiger partial charge in [0.05, 0.1) is 11.3 Å². The van der Waals surface area contributed by atoms with Crippen LogP contribution in [-0.4, -0.2) is 20.6 Å². The van der Waals surface area contributed by atoms with Crippen LogP contribution in [-0.2, 0) is 6.54 Å². The Balaban J connectivity index is 1.70. The van der Waals surface area contributed by atoms with Crippen LogP contribution in [0.1, 0.15) is 0 Å². The zero-order chi connectivity index (χ0) is 17.6. The van der Waals surface area contributed by atoms with Crippen LogP contribution in [0.15, 0.2) is 71.0 Å². The Kier molecular flexibility index (Phi) is 7.02. The lowest BCUT2D eigenvalue weighted by Gasteiger charge is -2.17. The molecule has 0 saturated carbocycles. The van der Waals surface area contributed by atoms with Gasteiger partial charge in [0.25, 0.3) is 0 Å². The number of imidazole rings is 1. The SMILES string of the molecule is Clc1ccc(SC(CSc2ccc(Cl)cc2Cl)Cn2ccnc2)cc1. The highest BCUT2D eigenvalue weighted by atomic mass is 35.5. The number of benzene rings is 2. The van der Waals surface area contributed by atoms with Crippen molar-refractivity contribution < 1.29 is 0 Å². The molecule has 1 unspecified atom stereocenters. The minimum atomic E-state index is 0.354. The van der Waals surface area contributed by atoms with Gasteiger partial charge >= 0.3 is 0 Å². The van der Waals surface area contributed by atoms with E-state index in [0.717, 1.165) is 22.2 Å². The van der Waals surface area contributed by atoms with Crippen molar-refractivity contribution >= 4 is 58.3 Å². The van der Waals surface area contributed by atoms with Crippen molar-refractivity contribution in [1.29, 1.82) is 0 Å². The van der Waals surface area contributed by atoms with Gasteiger partial charge in [-0.05, 0) is 42.5 Å². The van der Waals surface area contributed by atoms with Crippen LogP contribution in [0.3, 0.4) is 0 Å². The van der Waals surface area contributed by atoms with Crippen LogP contribution >= 0.6 is 58.3 Å². The first-order valence-corrected chi connectivity index (χ1v) is 10.6. The summed E-state index contributed by atoms with van der Waals surface area (Å²) in [6.07, 6.45) is 5.62. The lowest BCUT2D eigenvalue weighted by atomic mass is 10.4. The zero-order valence-electron chi connectivity index (χ0n) is 13.1. The van der Waals surface area contributed by atoms with Gasteiger partial charge in [0, 0.05) is 49.8 Å². The predicted molar refractivity (Wildman–Crippen MR) is 111 cm³/mol. The first kappa shape index (κ1) is 19.0. The van der Waals surface area contributed by atoms with Gasteiger partial charge in [-0.1, -0.05) is 34.8 Å². The molecule has 3 aromatic rings. The summed E-state index contributed by atoms with van der Waals surface area (Å²) in [5.74, 6) is 0.910. The maximum absolute atomic E-state index is 6.29. The summed E-state index contributed by atoms with van der Waals surface area (Å²) in [4.78, 5) is 6.36. The molecule has 2 nitrogen and oxygen atoms in total. The zero-order valence-corrected chi connectivity index (χ0v) is 17.0. The standard InChI is InChI=1S/C18H15Cl3N2S2/c19-13-1-4-15(5-2-13)25-16(10-23-8-7-22-12-23)11-24-18-6-3-14(20)9-17(18)21/h1-9,12,16H,10-11H2. The average Bonchev–Trinajstić information content (AvgIpc) is 3.09. The number of halogens is 3. The number of hydrogen-bond acceptors (Lipinski definition) is 3. The Hall–Kier alpha value is -0.780. The number of rotatable bonds is 7. The molecule has 3 rings (SSSR count). The average molecular weight is 430 g/mol. The molecule has 0 aliphatic carbocycles. The second kappa shape index (κ2) is 9.24. The Morgan fingerprint density at radius 1 is 1.00 bits per heavy atom. The van der Waals surface area contributed by atoms with Gasteiger partial charge in [-0.25, -0.2) is 4.98 Å². The number of aromatic nitrogens is 2. The van der Waals surface area contributed by atoms with Crippen molar-refractivity contribution in [2.45, 2.75) is 21.6 Å². The first-order valence-electron chi connectivity index (χ1n) is 7.56. The molecule has 0 amide bonds. The molecule has 7 heteroatoms. The minimum absolute atomic E-state index is 0.354. The summed E-state index contributed by atoms with van der Waals surface area (Å²) in [6, 6.07) is 13.6. The van der Waals surface area contributed by atoms with Crippen molar-refractivity contribution in [3.05, 3.63) is 76.3 Å². The first-order chi connectivity index (χ1) is 12.1. The van der Waals surface area contributed by atoms with Crippen LogP contribution < -0.4 is 0 Å². The molecule has 1 aromatic heterocycles. The van der Waals surface area contributed by atoms with E-state index in [1.54, 1.807) is 24.0 Å². The molecule has 0 spiro atoms. The van der Waals surface area contributed by atoms with Gasteiger partial charge in [0.1, 0.15) is 0 Å². The Morgan fingerprint density at radius 2 is 1.76 bits per heavy atom. The fraction of sp³-hybridized carbons (Fsp3) is 0.167. The number of hydrogen-bond donors (Lipinski definition) is 0. The summed E-state index contributed by atoms with van der Waals surface area (Å²) in [5, 5.41) is 2.44. The predicted octanol–water partition coefficient (Wildman–Crippen LogP) is 6.80. The summed E-state index contributed by atoms with van der Waals surface area (Å²) in [7, 11) is 0. The van der Waals surface area contributed by atoms with Crippen LogP contribution in [0.4, 0.5) is 0 Å². The van der Waals surface area contributed by atoms with E-state index in [1.807, 2.05) is 60.7 Å². The molecule has 0 N–H and O–H groups in total. The third-order valence-corrected chi connectivity index (χ3v) is 6.96. The van der Waals surface area contributed by atoms with Crippen LogP contribution in [0.2, 0.25) is 15.1 Å². The van der Waals surface area contributed by atoms with Gasteiger partial charge in [-0.2, -0.15) is 0 Å². The van der Waals surface area contributed by atoms with Gasteiger partial charge in [0.15, 0.2) is 0 Å². The van der Waals surface area contributed by atoms with Gasteiger partial charge < -0.3 is 4.57 Å². The monoisotopic (exact) mass is 428 g/mol. The quantitative estimate of drug-likeness (QED) is 0.385. The summed E-state index contributed by atoms with van der Waals surface area (Å²) in [6.45, 7) is 0.867. The van der Waals surface area contributed by atoms with E-state index < -0.39 is 0 Å². The second-order valence-corrected chi connectivity index (χ2v) is 9.05. The molecule has 0 radical (unpaired) electrons. The van der Waals surface area contributed by atoms with E-state index in [9.17, 15) is 0 Å². The van der Waals surface area contributed by atoms with Crippen molar-refractivity contribution in [3.8, 4) is 0 Å². The Morgan fingerprint density at radius 3 is 2.44 bits per heavy atom. The Bertz CT molecular complexity index is 808. The molecule has 25 heavy (non-hydrogen) atoms. The van der Waals surface area contributed by atoms with Crippen molar-refractivity contribution in [1.82, 2.24) is 9.55 Å². The van der Waals surface area contributed by atoms with Gasteiger partial charge in [-0.15, -0.1) is 23.5 Å². The van der Waals surface area contributed by atoms with Gasteiger partial charge in [-0.3, -0.25) is 0 Å². The van der Waals surface area contributed by atoms with Gasteiger partial charge in [0.2, 0.25) is 0 Å². The third-order valence-electron chi connectivity index (χ3n) is 3.41. The third kappa shape index (κ3) is 5.87. The second-order valence-electron chi connectivity index (χ2n) is 5.34. The maximum Gasteiger partial charge on any atom is 0.0946 e. The van der Waals surface area contributed by atoms with Crippen molar-refractivity contribution in [2.24, 2.45) is 0 Å². The molecule has 0 saturated heterocycles. The maximum atomic E-state index is 6.29. The molecule has 0 aliphatic rings. The molecule has 0 fully saturated rings. The highest BCUT2D eigenvalue weighted by molar-refractivity contribution is 8.03. The highest BCUT2D eigenvalue weighted by Crippen LogP contribution is 2.34. The van der Waals surface area contributed by atoms with Crippen LogP contribution in [0, 0.1) is 0 Å². The van der Waals surface area contributed by atoms with E-state index in [1.165, 1.54) is 4.90 Å². The van der Waals surface area contributed by atoms with E-state index >= 15 is 0 Å². The molecule has 2 aromatic carbocycles. The lowest BCUT2D eigenvalue weighted by molar-refractivity contribution is 0.695. The molecule has 130 valence electrons. The van der Waals surface area contributed by atoms with E-state index in [2.05, 4.69) is 9.55 Å². The van der Waals surface area contributed by atoms with Crippen LogP contribution in [0.5, 0.6) is 0 Å². The summed E-state index contributed by atoms with van der Waals surface area (Å²) >= 11 is 21.8. The summed E-state index contributed by atoms with van der Waals surface area (Å²) < 4.78 is 2.09. The molecule has 1 heterocycles. The largest absolute Gasteiger partial charge is 0.336 e. The highest BCUT2D eigenvalue weighted by Gasteiger charge is 2.14. The molecule has 0 aliphatic heterocycles. The molecule has 0 bridgehead atoms. The smallest absolute Gasteiger partial charge is 0.0946 e. The number of thioether (sulfide) groups is 2. The lowest BCUT2D eigenvalue weighted by Crippen LogP contribution is -2.14. The van der Waals surface area contributed by atoms with E-state index in [-0.39, 0.29) is 0 Å². The topological polar surface area (TPSA) is 17.8 Å². The van der Waals surface area contributed by atoms with Crippen molar-refractivity contribution in [3.63, 3.8) is 0 Å². The fourth-order valence-corrected chi connectivity index (χ4v) is 5.17.